The van der Waals surface area contributed by atoms with Crippen molar-refractivity contribution in [3.05, 3.63) is 64.7 Å². The van der Waals surface area contributed by atoms with Crippen molar-refractivity contribution in [2.75, 3.05) is 0 Å². The molecule has 0 saturated carbocycles. The first-order valence-corrected chi connectivity index (χ1v) is 7.64. The Morgan fingerprint density at radius 1 is 1.00 bits per heavy atom. The maximum Gasteiger partial charge on any atom is 0.264 e. The normalized spacial score (nSPS) is 11.1. The molecule has 0 aliphatic carbocycles. The van der Waals surface area contributed by atoms with E-state index >= 15 is 0 Å². The smallest absolute Gasteiger partial charge is 0.264 e. The van der Waals surface area contributed by atoms with Crippen LogP contribution in [-0.4, -0.2) is 14.3 Å². The molecule has 2 aromatic rings. The minimum atomic E-state index is -3.87. The number of hydrogen-bond donors (Lipinski definition) is 1. The summed E-state index contributed by atoms with van der Waals surface area (Å²) < 4.78 is 26.1. The van der Waals surface area contributed by atoms with E-state index in [0.29, 0.717) is 5.02 Å². The summed E-state index contributed by atoms with van der Waals surface area (Å²) in [5.74, 6) is -0.692. The number of carbonyl (C=O) groups is 1. The number of hydrogen-bond acceptors (Lipinski definition) is 3. The Balaban J connectivity index is 2.22. The van der Waals surface area contributed by atoms with E-state index < -0.39 is 15.9 Å². The van der Waals surface area contributed by atoms with Crippen molar-refractivity contribution in [2.24, 2.45) is 0 Å². The topological polar surface area (TPSA) is 63.2 Å². The maximum absolute atomic E-state index is 12.0. The molecule has 20 heavy (non-hydrogen) atoms. The monoisotopic (exact) mass is 309 g/mol. The van der Waals surface area contributed by atoms with Crippen LogP contribution in [0.4, 0.5) is 0 Å². The fourth-order valence-electron chi connectivity index (χ4n) is 1.56. The van der Waals surface area contributed by atoms with Gasteiger partial charge in [-0.3, -0.25) is 4.79 Å². The minimum Gasteiger partial charge on any atom is -0.268 e. The first-order chi connectivity index (χ1) is 9.38. The third-order valence-electron chi connectivity index (χ3n) is 2.66. The zero-order valence-electron chi connectivity index (χ0n) is 10.6. The van der Waals surface area contributed by atoms with Crippen LogP contribution in [0.15, 0.2) is 53.4 Å². The molecule has 2 rings (SSSR count). The number of aryl methyl sites for hydroxylation is 1. The van der Waals surface area contributed by atoms with Gasteiger partial charge in [0.2, 0.25) is 0 Å². The van der Waals surface area contributed by atoms with Crippen molar-refractivity contribution >= 4 is 27.5 Å². The summed E-state index contributed by atoms with van der Waals surface area (Å²) >= 11 is 5.71. The van der Waals surface area contributed by atoms with E-state index in [9.17, 15) is 13.2 Å². The molecule has 104 valence electrons. The van der Waals surface area contributed by atoms with Gasteiger partial charge in [-0.15, -0.1) is 0 Å². The van der Waals surface area contributed by atoms with Crippen molar-refractivity contribution in [1.82, 2.24) is 4.72 Å². The van der Waals surface area contributed by atoms with E-state index in [-0.39, 0.29) is 10.5 Å². The van der Waals surface area contributed by atoms with Gasteiger partial charge in [0.25, 0.3) is 15.9 Å². The standard InChI is InChI=1S/C14H12ClNO3S/c1-10-2-8-13(9-3-10)20(18,19)16-14(17)11-4-6-12(15)7-5-11/h2-9H,1H3,(H,16,17). The second-order valence-corrected chi connectivity index (χ2v) is 6.37. The Bertz CT molecular complexity index is 722. The predicted octanol–water partition coefficient (Wildman–Crippen LogP) is 2.77. The SMILES string of the molecule is Cc1ccc(S(=O)(=O)NC(=O)c2ccc(Cl)cc2)cc1. The van der Waals surface area contributed by atoms with Crippen molar-refractivity contribution in [2.45, 2.75) is 11.8 Å². The molecule has 0 atom stereocenters. The Morgan fingerprint density at radius 3 is 2.10 bits per heavy atom. The van der Waals surface area contributed by atoms with Crippen LogP contribution in [0.5, 0.6) is 0 Å². The summed E-state index contributed by atoms with van der Waals surface area (Å²) in [5, 5.41) is 0.475. The van der Waals surface area contributed by atoms with Gasteiger partial charge < -0.3 is 0 Å². The fraction of sp³-hybridized carbons (Fsp3) is 0.0714. The lowest BCUT2D eigenvalue weighted by Crippen LogP contribution is -2.30. The quantitative estimate of drug-likeness (QED) is 0.948. The van der Waals surface area contributed by atoms with Gasteiger partial charge in [-0.05, 0) is 43.3 Å². The van der Waals surface area contributed by atoms with Gasteiger partial charge in [-0.2, -0.15) is 0 Å². The molecule has 0 unspecified atom stereocenters. The molecule has 0 spiro atoms. The Hall–Kier alpha value is -1.85. The average molecular weight is 310 g/mol. The number of carbonyl (C=O) groups excluding carboxylic acids is 1. The molecular formula is C14H12ClNO3S. The molecule has 0 aliphatic heterocycles. The van der Waals surface area contributed by atoms with Gasteiger partial charge in [0.05, 0.1) is 4.90 Å². The van der Waals surface area contributed by atoms with Gasteiger partial charge in [0.15, 0.2) is 0 Å². The van der Waals surface area contributed by atoms with Gasteiger partial charge >= 0.3 is 0 Å². The molecule has 0 radical (unpaired) electrons. The first-order valence-electron chi connectivity index (χ1n) is 5.78. The number of benzene rings is 2. The molecular weight excluding hydrogens is 298 g/mol. The fourth-order valence-corrected chi connectivity index (χ4v) is 2.66. The van der Waals surface area contributed by atoms with E-state index in [0.717, 1.165) is 5.56 Å². The molecule has 2 aromatic carbocycles. The van der Waals surface area contributed by atoms with Crippen LogP contribution in [0.2, 0.25) is 5.02 Å². The van der Waals surface area contributed by atoms with Gasteiger partial charge in [-0.1, -0.05) is 29.3 Å². The van der Waals surface area contributed by atoms with Crippen LogP contribution < -0.4 is 4.72 Å². The number of rotatable bonds is 3. The van der Waals surface area contributed by atoms with Crippen LogP contribution >= 0.6 is 11.6 Å². The third kappa shape index (κ3) is 3.37. The molecule has 1 N–H and O–H groups in total. The summed E-state index contributed by atoms with van der Waals surface area (Å²) in [4.78, 5) is 11.9. The van der Waals surface area contributed by atoms with Crippen molar-refractivity contribution in [3.63, 3.8) is 0 Å². The number of sulfonamides is 1. The second-order valence-electron chi connectivity index (χ2n) is 4.25. The summed E-state index contributed by atoms with van der Waals surface area (Å²) in [6.07, 6.45) is 0. The lowest BCUT2D eigenvalue weighted by molar-refractivity contribution is 0.0981. The highest BCUT2D eigenvalue weighted by Gasteiger charge is 2.18. The zero-order chi connectivity index (χ0) is 14.8. The van der Waals surface area contributed by atoms with E-state index in [2.05, 4.69) is 0 Å². The summed E-state index contributed by atoms with van der Waals surface area (Å²) in [6, 6.07) is 12.2. The number of nitrogens with one attached hydrogen (secondary N) is 1. The molecule has 0 saturated heterocycles. The van der Waals surface area contributed by atoms with E-state index in [1.54, 1.807) is 12.1 Å². The molecule has 0 aliphatic rings. The van der Waals surface area contributed by atoms with Crippen LogP contribution in [0, 0.1) is 6.92 Å². The number of halogens is 1. The molecule has 0 heterocycles. The van der Waals surface area contributed by atoms with Crippen LogP contribution in [0.25, 0.3) is 0 Å². The Labute approximate surface area is 122 Å². The van der Waals surface area contributed by atoms with Gasteiger partial charge in [-0.25, -0.2) is 13.1 Å². The average Bonchev–Trinajstić information content (AvgIpc) is 2.39. The lowest BCUT2D eigenvalue weighted by Gasteiger charge is -2.07. The van der Waals surface area contributed by atoms with Crippen LogP contribution in [0.1, 0.15) is 15.9 Å². The summed E-state index contributed by atoms with van der Waals surface area (Å²) in [6.45, 7) is 1.85. The van der Waals surface area contributed by atoms with Gasteiger partial charge in [0, 0.05) is 10.6 Å². The molecule has 0 bridgehead atoms. The lowest BCUT2D eigenvalue weighted by atomic mass is 10.2. The summed E-state index contributed by atoms with van der Waals surface area (Å²) in [7, 11) is -3.87. The van der Waals surface area contributed by atoms with Crippen LogP contribution in [-0.2, 0) is 10.0 Å². The van der Waals surface area contributed by atoms with Crippen molar-refractivity contribution in [3.8, 4) is 0 Å². The highest BCUT2D eigenvalue weighted by Crippen LogP contribution is 2.12. The largest absolute Gasteiger partial charge is 0.268 e. The molecule has 6 heteroatoms. The van der Waals surface area contributed by atoms with Gasteiger partial charge in [0.1, 0.15) is 0 Å². The van der Waals surface area contributed by atoms with E-state index in [1.165, 1.54) is 36.4 Å². The third-order valence-corrected chi connectivity index (χ3v) is 4.26. The highest BCUT2D eigenvalue weighted by atomic mass is 35.5. The maximum atomic E-state index is 12.0. The second kappa shape index (κ2) is 5.64. The molecule has 0 aromatic heterocycles. The minimum absolute atomic E-state index is 0.0467. The molecule has 0 fully saturated rings. The Morgan fingerprint density at radius 2 is 1.55 bits per heavy atom. The molecule has 4 nitrogen and oxygen atoms in total. The van der Waals surface area contributed by atoms with Crippen molar-refractivity contribution < 1.29 is 13.2 Å². The summed E-state index contributed by atoms with van der Waals surface area (Å²) in [5.41, 5.74) is 1.16. The Kier molecular flexibility index (Phi) is 4.11. The highest BCUT2D eigenvalue weighted by molar-refractivity contribution is 7.90. The first kappa shape index (κ1) is 14.6. The van der Waals surface area contributed by atoms with Crippen LogP contribution in [0.3, 0.4) is 0 Å². The predicted molar refractivity (Wildman–Crippen MR) is 77.3 cm³/mol. The van der Waals surface area contributed by atoms with E-state index in [1.807, 2.05) is 11.6 Å². The zero-order valence-corrected chi connectivity index (χ0v) is 12.2. The number of amides is 1. The molecule has 1 amide bonds. The van der Waals surface area contributed by atoms with Crippen molar-refractivity contribution in [1.29, 1.82) is 0 Å². The van der Waals surface area contributed by atoms with E-state index in [4.69, 9.17) is 11.6 Å².